The highest BCUT2D eigenvalue weighted by Crippen LogP contribution is 2.22. The normalized spacial score (nSPS) is 15.5. The van der Waals surface area contributed by atoms with E-state index in [1.54, 1.807) is 23.5 Å². The molecule has 29 heavy (non-hydrogen) atoms. The van der Waals surface area contributed by atoms with Crippen molar-refractivity contribution >= 4 is 28.2 Å². The monoisotopic (exact) mass is 413 g/mol. The maximum absolute atomic E-state index is 12.4. The van der Waals surface area contributed by atoms with Crippen molar-refractivity contribution in [3.05, 3.63) is 62.6 Å². The molecule has 6 nitrogen and oxygen atoms in total. The van der Waals surface area contributed by atoms with Crippen LogP contribution in [0.5, 0.6) is 5.75 Å². The average molecular weight is 414 g/mol. The van der Waals surface area contributed by atoms with Gasteiger partial charge in [-0.2, -0.15) is 0 Å². The summed E-state index contributed by atoms with van der Waals surface area (Å²) in [6.07, 6.45) is 2.48. The molecule has 0 aliphatic carbocycles. The fourth-order valence-corrected chi connectivity index (χ4v) is 4.81. The molecule has 0 radical (unpaired) electrons. The Kier molecular flexibility index (Phi) is 5.97. The number of nitrogens with one attached hydrogen (secondary N) is 2. The first-order valence-corrected chi connectivity index (χ1v) is 10.8. The molecule has 1 aromatic carbocycles. The standard InChI is InChI=1S/C22H24N2O4S/c1-15-11-22(26)28-19-12-16(6-7-17(15)19)27-14-21(25)23-13-18(20-5-4-10-29-20)24-8-2-3-9-24/h4-7,10-12,18H,2-3,8-9,13-14H2,1H3,(H,23,25)/p+1/t18-/m1/s1. The summed E-state index contributed by atoms with van der Waals surface area (Å²) in [6.45, 7) is 4.69. The van der Waals surface area contributed by atoms with E-state index in [4.69, 9.17) is 9.15 Å². The number of fused-ring (bicyclic) bond motifs is 1. The SMILES string of the molecule is Cc1cc(=O)oc2cc(OCC(=O)NC[C@H](c3cccs3)[NH+]3CCCC3)ccc12. The molecule has 2 N–H and O–H groups in total. The van der Waals surface area contributed by atoms with E-state index >= 15 is 0 Å². The van der Waals surface area contributed by atoms with Crippen molar-refractivity contribution in [1.29, 1.82) is 0 Å². The third-order valence-electron chi connectivity index (χ3n) is 5.42. The number of hydrogen-bond acceptors (Lipinski definition) is 5. The quantitative estimate of drug-likeness (QED) is 0.582. The lowest BCUT2D eigenvalue weighted by Crippen LogP contribution is -3.11. The molecule has 0 spiro atoms. The molecule has 1 fully saturated rings. The van der Waals surface area contributed by atoms with Crippen LogP contribution in [-0.2, 0) is 4.79 Å². The van der Waals surface area contributed by atoms with Gasteiger partial charge in [-0.3, -0.25) is 4.79 Å². The Hall–Kier alpha value is -2.64. The van der Waals surface area contributed by atoms with Crippen LogP contribution in [0.2, 0.25) is 0 Å². The van der Waals surface area contributed by atoms with Crippen LogP contribution < -0.4 is 20.6 Å². The lowest BCUT2D eigenvalue weighted by molar-refractivity contribution is -0.918. The van der Waals surface area contributed by atoms with E-state index < -0.39 is 5.63 Å². The van der Waals surface area contributed by atoms with E-state index in [0.717, 1.165) is 24.0 Å². The number of amides is 1. The van der Waals surface area contributed by atoms with Gasteiger partial charge in [0.15, 0.2) is 6.61 Å². The number of thiophene rings is 1. The van der Waals surface area contributed by atoms with Gasteiger partial charge >= 0.3 is 5.63 Å². The number of carbonyl (C=O) groups excluding carboxylic acids is 1. The van der Waals surface area contributed by atoms with Gasteiger partial charge in [0.05, 0.1) is 24.5 Å². The van der Waals surface area contributed by atoms with Crippen molar-refractivity contribution < 1.29 is 18.8 Å². The molecule has 1 saturated heterocycles. The van der Waals surface area contributed by atoms with Crippen LogP contribution in [0.1, 0.15) is 29.3 Å². The summed E-state index contributed by atoms with van der Waals surface area (Å²) < 4.78 is 10.9. The number of benzene rings is 1. The van der Waals surface area contributed by atoms with Crippen molar-refractivity contribution in [2.75, 3.05) is 26.2 Å². The zero-order chi connectivity index (χ0) is 20.2. The van der Waals surface area contributed by atoms with Crippen LogP contribution in [0, 0.1) is 6.92 Å². The highest BCUT2D eigenvalue weighted by molar-refractivity contribution is 7.10. The fraction of sp³-hybridized carbons (Fsp3) is 0.364. The molecule has 2 aromatic heterocycles. The summed E-state index contributed by atoms with van der Waals surface area (Å²) >= 11 is 1.74. The van der Waals surface area contributed by atoms with Crippen molar-refractivity contribution in [1.82, 2.24) is 5.32 Å². The Morgan fingerprint density at radius 3 is 2.86 bits per heavy atom. The fourth-order valence-electron chi connectivity index (χ4n) is 3.92. The van der Waals surface area contributed by atoms with Gasteiger partial charge in [0.25, 0.3) is 5.91 Å². The van der Waals surface area contributed by atoms with Crippen molar-refractivity contribution in [2.24, 2.45) is 0 Å². The summed E-state index contributed by atoms with van der Waals surface area (Å²) in [7, 11) is 0. The molecule has 152 valence electrons. The largest absolute Gasteiger partial charge is 0.484 e. The second kappa shape index (κ2) is 8.80. The van der Waals surface area contributed by atoms with Crippen molar-refractivity contribution in [3.8, 4) is 5.75 Å². The van der Waals surface area contributed by atoms with Gasteiger partial charge in [-0.05, 0) is 36.1 Å². The zero-order valence-electron chi connectivity index (χ0n) is 16.4. The second-order valence-electron chi connectivity index (χ2n) is 7.43. The van der Waals surface area contributed by atoms with Gasteiger partial charge in [-0.15, -0.1) is 11.3 Å². The Bertz CT molecular complexity index is 1040. The van der Waals surface area contributed by atoms with E-state index in [9.17, 15) is 9.59 Å². The van der Waals surface area contributed by atoms with Gasteiger partial charge in [0.2, 0.25) is 0 Å². The van der Waals surface area contributed by atoms with E-state index in [2.05, 4.69) is 22.8 Å². The van der Waals surface area contributed by atoms with E-state index in [1.165, 1.54) is 28.7 Å². The number of ether oxygens (including phenoxy) is 1. The van der Waals surface area contributed by atoms with Crippen LogP contribution >= 0.6 is 11.3 Å². The molecule has 0 saturated carbocycles. The molecule has 4 rings (SSSR count). The third-order valence-corrected chi connectivity index (χ3v) is 6.41. The first-order chi connectivity index (χ1) is 14.1. The molecule has 3 aromatic rings. The molecule has 3 heterocycles. The van der Waals surface area contributed by atoms with Crippen LogP contribution in [0.25, 0.3) is 11.0 Å². The van der Waals surface area contributed by atoms with Crippen LogP contribution in [0.3, 0.4) is 0 Å². The zero-order valence-corrected chi connectivity index (χ0v) is 17.2. The van der Waals surface area contributed by atoms with Crippen molar-refractivity contribution in [2.45, 2.75) is 25.8 Å². The smallest absolute Gasteiger partial charge is 0.336 e. The molecule has 1 atom stereocenters. The number of rotatable bonds is 7. The summed E-state index contributed by atoms with van der Waals surface area (Å²) in [4.78, 5) is 26.8. The van der Waals surface area contributed by atoms with Crippen LogP contribution in [0.4, 0.5) is 0 Å². The van der Waals surface area contributed by atoms with Crippen LogP contribution in [0.15, 0.2) is 51.0 Å². The third kappa shape index (κ3) is 4.68. The van der Waals surface area contributed by atoms with Gasteiger partial charge < -0.3 is 19.4 Å². The highest BCUT2D eigenvalue weighted by Gasteiger charge is 2.28. The molecule has 1 aliphatic heterocycles. The average Bonchev–Trinajstić information content (AvgIpc) is 3.41. The molecule has 0 bridgehead atoms. The maximum Gasteiger partial charge on any atom is 0.336 e. The summed E-state index contributed by atoms with van der Waals surface area (Å²) in [6, 6.07) is 11.2. The Morgan fingerprint density at radius 2 is 2.10 bits per heavy atom. The first kappa shape index (κ1) is 19.7. The van der Waals surface area contributed by atoms with E-state index in [1.807, 2.05) is 13.0 Å². The molecular weight excluding hydrogens is 388 g/mol. The first-order valence-electron chi connectivity index (χ1n) is 9.92. The van der Waals surface area contributed by atoms with Gasteiger partial charge in [0.1, 0.15) is 17.4 Å². The second-order valence-corrected chi connectivity index (χ2v) is 8.41. The Balaban J connectivity index is 1.36. The number of hydrogen-bond donors (Lipinski definition) is 2. The Morgan fingerprint density at radius 1 is 1.28 bits per heavy atom. The van der Waals surface area contributed by atoms with Gasteiger partial charge in [0, 0.05) is 30.4 Å². The lowest BCUT2D eigenvalue weighted by Gasteiger charge is -2.24. The predicted molar refractivity (Wildman–Crippen MR) is 113 cm³/mol. The minimum atomic E-state index is -0.395. The maximum atomic E-state index is 12.4. The number of quaternary nitrogens is 1. The van der Waals surface area contributed by atoms with E-state index in [0.29, 0.717) is 23.9 Å². The van der Waals surface area contributed by atoms with Crippen molar-refractivity contribution in [3.63, 3.8) is 0 Å². The van der Waals surface area contributed by atoms with Crippen LogP contribution in [-0.4, -0.2) is 32.1 Å². The summed E-state index contributed by atoms with van der Waals surface area (Å²) in [5.74, 6) is 0.345. The highest BCUT2D eigenvalue weighted by atomic mass is 32.1. The summed E-state index contributed by atoms with van der Waals surface area (Å²) in [5.41, 5.74) is 0.918. The molecule has 0 unspecified atom stereocenters. The predicted octanol–water partition coefficient (Wildman–Crippen LogP) is 2.08. The minimum absolute atomic E-state index is 0.0753. The number of carbonyl (C=O) groups is 1. The number of likely N-dealkylation sites (tertiary alicyclic amines) is 1. The molecule has 1 amide bonds. The van der Waals surface area contributed by atoms with Gasteiger partial charge in [-0.1, -0.05) is 6.07 Å². The summed E-state index contributed by atoms with van der Waals surface area (Å²) in [5, 5.41) is 5.96. The molecule has 1 aliphatic rings. The van der Waals surface area contributed by atoms with Gasteiger partial charge in [-0.25, -0.2) is 4.79 Å². The lowest BCUT2D eigenvalue weighted by atomic mass is 10.1. The topological polar surface area (TPSA) is 73.0 Å². The molecular formula is C22H25N2O4S+. The van der Waals surface area contributed by atoms with E-state index in [-0.39, 0.29) is 12.5 Å². The number of aryl methyl sites for hydroxylation is 1. The minimum Gasteiger partial charge on any atom is -0.484 e. The Labute approximate surface area is 173 Å². The molecule has 7 heteroatoms.